The highest BCUT2D eigenvalue weighted by molar-refractivity contribution is 6.12. The van der Waals surface area contributed by atoms with Gasteiger partial charge in [-0.3, -0.25) is 28.9 Å². The van der Waals surface area contributed by atoms with E-state index in [9.17, 15) is 43.8 Å². The molecule has 4 rings (SSSR count). The lowest BCUT2D eigenvalue weighted by molar-refractivity contribution is -0.137. The summed E-state index contributed by atoms with van der Waals surface area (Å²) >= 11 is 0. The molecule has 1 saturated heterocycles. The Labute approximate surface area is 380 Å². The average molecular weight is 903 g/mol. The largest absolute Gasteiger partial charge is 0.444 e. The zero-order chi connectivity index (χ0) is 47.5. The second kappa shape index (κ2) is 25.5. The van der Waals surface area contributed by atoms with Crippen LogP contribution in [0.3, 0.4) is 0 Å². The summed E-state index contributed by atoms with van der Waals surface area (Å²) in [6, 6.07) is 15.9. The molecule has 2 aliphatic heterocycles. The molecule has 2 aliphatic rings. The van der Waals surface area contributed by atoms with Crippen LogP contribution in [0.15, 0.2) is 78.9 Å². The number of hydrogen-bond acceptors (Lipinski definition) is 11. The predicted octanol–water partition coefficient (Wildman–Crippen LogP) is 3.08. The molecule has 8 N–H and O–H groups in total. The number of Topliss-reactive ketones (excluding diaryl/α,β-unsaturated/α-hetero) is 1. The van der Waals surface area contributed by atoms with Crippen LogP contribution in [0, 0.1) is 5.92 Å². The number of carbonyl (C=O) groups is 7. The monoisotopic (exact) mass is 902 g/mol. The number of carbonyl (C=O) groups excluding carboxylic acids is 7. The van der Waals surface area contributed by atoms with Crippen LogP contribution in [0.2, 0.25) is 0 Å². The highest BCUT2D eigenvalue weighted by Crippen LogP contribution is 2.26. The summed E-state index contributed by atoms with van der Waals surface area (Å²) in [5.41, 5.74) is 8.18. The molecule has 7 amide bonds. The zero-order valence-electron chi connectivity index (χ0n) is 37.7. The topological polar surface area (TPSA) is 256 Å². The van der Waals surface area contributed by atoms with E-state index < -0.39 is 54.1 Å². The minimum atomic E-state index is -1.41. The van der Waals surface area contributed by atoms with E-state index in [1.807, 2.05) is 54.6 Å². The summed E-state index contributed by atoms with van der Waals surface area (Å²) in [4.78, 5) is 88.3. The van der Waals surface area contributed by atoms with Crippen molar-refractivity contribution >= 4 is 41.5 Å². The molecule has 2 aromatic carbocycles. The first-order valence-corrected chi connectivity index (χ1v) is 22.3. The second-order valence-corrected chi connectivity index (χ2v) is 17.6. The summed E-state index contributed by atoms with van der Waals surface area (Å²) in [6.45, 7) is 10.6. The summed E-state index contributed by atoms with van der Waals surface area (Å²) in [6.07, 6.45) is 0.692. The van der Waals surface area contributed by atoms with E-state index in [4.69, 9.17) is 15.2 Å². The molecule has 0 radical (unpaired) electrons. The average Bonchev–Trinajstić information content (AvgIpc) is 3.71. The number of rotatable bonds is 26. The maximum absolute atomic E-state index is 14.2. The Morgan fingerprint density at radius 1 is 0.831 bits per heavy atom. The minimum absolute atomic E-state index is 0.0963. The SMILES string of the molecule is C=C(Cc1ccc(CCNC(=O)OC(C)(C)C)cc1)C(CCCNC(N)=O)NC(=O)[C@H](CC(=O)C[C@@H]1O[C@H](CNC(=O)CCCCCN2C(=O)C=CC2=O)C(O)C1O)Cc1ccccc1. The number of aliphatic hydroxyl groups is 2. The van der Waals surface area contributed by atoms with Crippen LogP contribution < -0.4 is 27.0 Å². The van der Waals surface area contributed by atoms with Gasteiger partial charge in [0.1, 0.15) is 29.7 Å². The van der Waals surface area contributed by atoms with Crippen molar-refractivity contribution in [2.75, 3.05) is 26.2 Å². The van der Waals surface area contributed by atoms with Crippen LogP contribution in [0.1, 0.15) is 88.8 Å². The first-order valence-electron chi connectivity index (χ1n) is 22.3. The van der Waals surface area contributed by atoms with Crippen molar-refractivity contribution in [2.24, 2.45) is 11.7 Å². The van der Waals surface area contributed by atoms with E-state index in [2.05, 4.69) is 27.8 Å². The normalized spacial score (nSPS) is 19.1. The Kier molecular flexibility index (Phi) is 20.3. The van der Waals surface area contributed by atoms with Gasteiger partial charge in [-0.25, -0.2) is 9.59 Å². The van der Waals surface area contributed by atoms with Gasteiger partial charge in [0.2, 0.25) is 11.8 Å². The third-order valence-corrected chi connectivity index (χ3v) is 11.1. The molecule has 6 atom stereocenters. The smallest absolute Gasteiger partial charge is 0.407 e. The van der Waals surface area contributed by atoms with E-state index in [-0.39, 0.29) is 74.7 Å². The standard InChI is InChI=1S/C48H66N6O11/c1-31(26-34-18-16-32(17-19-34)22-24-51-47(63)65-48(2,3)4)37(14-11-23-50-46(49)62)53-45(61)35(27-33-12-7-5-8-13-33)28-36(55)29-38-43(59)44(60)39(64-38)30-52-40(56)15-9-6-10-25-54-41(57)20-21-42(54)58/h5,7-8,12-13,16-21,35,37-39,43-44,59-60H,1,6,9-11,14-15,22-30H2,2-4H3,(H,51,63)(H,52,56)(H,53,61)(H3,49,50,62)/t35-,37?,38-,39+,43?,44?/m0/s1. The van der Waals surface area contributed by atoms with Crippen LogP contribution in [-0.4, -0.2) is 119 Å². The number of urea groups is 1. The lowest BCUT2D eigenvalue weighted by Crippen LogP contribution is -2.42. The van der Waals surface area contributed by atoms with Gasteiger partial charge in [-0.05, 0) is 82.4 Å². The van der Waals surface area contributed by atoms with Gasteiger partial charge in [0.15, 0.2) is 0 Å². The van der Waals surface area contributed by atoms with E-state index >= 15 is 0 Å². The maximum Gasteiger partial charge on any atom is 0.407 e. The number of ether oxygens (including phenoxy) is 2. The number of amides is 7. The van der Waals surface area contributed by atoms with E-state index in [0.717, 1.165) is 21.6 Å². The molecule has 0 aliphatic carbocycles. The number of alkyl carbamates (subject to hydrolysis) is 1. The number of aliphatic hydroxyl groups excluding tert-OH is 2. The third kappa shape index (κ3) is 18.2. The molecule has 354 valence electrons. The van der Waals surface area contributed by atoms with Crippen LogP contribution in [0.5, 0.6) is 0 Å². The van der Waals surface area contributed by atoms with Crippen LogP contribution >= 0.6 is 0 Å². The number of ketones is 1. The number of primary amides is 1. The van der Waals surface area contributed by atoms with Crippen molar-refractivity contribution < 1.29 is 53.2 Å². The van der Waals surface area contributed by atoms with Gasteiger partial charge < -0.3 is 46.7 Å². The highest BCUT2D eigenvalue weighted by Gasteiger charge is 2.43. The third-order valence-electron chi connectivity index (χ3n) is 11.1. The van der Waals surface area contributed by atoms with Gasteiger partial charge >= 0.3 is 12.1 Å². The second-order valence-electron chi connectivity index (χ2n) is 17.6. The van der Waals surface area contributed by atoms with E-state index in [1.54, 1.807) is 20.8 Å². The van der Waals surface area contributed by atoms with Crippen molar-refractivity contribution in [3.63, 3.8) is 0 Å². The van der Waals surface area contributed by atoms with Gasteiger partial charge in [-0.1, -0.05) is 73.2 Å². The number of benzene rings is 2. The lowest BCUT2D eigenvalue weighted by atomic mass is 9.90. The van der Waals surface area contributed by atoms with Gasteiger partial charge in [0.25, 0.3) is 11.8 Å². The minimum Gasteiger partial charge on any atom is -0.444 e. The Bertz CT molecular complexity index is 1970. The Balaban J connectivity index is 1.32. The fourth-order valence-corrected chi connectivity index (χ4v) is 7.61. The summed E-state index contributed by atoms with van der Waals surface area (Å²) < 4.78 is 11.2. The van der Waals surface area contributed by atoms with Gasteiger partial charge in [0, 0.05) is 63.5 Å². The summed E-state index contributed by atoms with van der Waals surface area (Å²) in [7, 11) is 0. The molecule has 3 unspecified atom stereocenters. The van der Waals surface area contributed by atoms with Gasteiger partial charge in [0.05, 0.1) is 12.1 Å². The lowest BCUT2D eigenvalue weighted by Gasteiger charge is -2.25. The molecule has 2 aromatic rings. The van der Waals surface area contributed by atoms with Gasteiger partial charge in [-0.2, -0.15) is 0 Å². The zero-order valence-corrected chi connectivity index (χ0v) is 37.7. The van der Waals surface area contributed by atoms with Crippen molar-refractivity contribution in [2.45, 2.75) is 127 Å². The van der Waals surface area contributed by atoms with Crippen molar-refractivity contribution in [3.05, 3.63) is 95.6 Å². The molecule has 0 saturated carbocycles. The Morgan fingerprint density at radius 3 is 2.15 bits per heavy atom. The molecular formula is C48H66N6O11. The first kappa shape index (κ1) is 51.7. The molecule has 1 fully saturated rings. The molecule has 65 heavy (non-hydrogen) atoms. The quantitative estimate of drug-likeness (QED) is 0.0410. The van der Waals surface area contributed by atoms with E-state index in [0.29, 0.717) is 57.1 Å². The summed E-state index contributed by atoms with van der Waals surface area (Å²) in [5, 5.41) is 32.8. The predicted molar refractivity (Wildman–Crippen MR) is 242 cm³/mol. The Morgan fingerprint density at radius 2 is 1.49 bits per heavy atom. The molecule has 2 heterocycles. The molecule has 0 bridgehead atoms. The fraction of sp³-hybridized carbons (Fsp3) is 0.521. The summed E-state index contributed by atoms with van der Waals surface area (Å²) in [5.74, 6) is -2.56. The number of nitrogens with zero attached hydrogens (tertiary/aromatic N) is 1. The number of unbranched alkanes of at least 4 members (excludes halogenated alkanes) is 2. The first-order chi connectivity index (χ1) is 30.9. The number of imide groups is 1. The highest BCUT2D eigenvalue weighted by atomic mass is 16.6. The van der Waals surface area contributed by atoms with Crippen LogP contribution in [-0.2, 0) is 52.7 Å². The van der Waals surface area contributed by atoms with E-state index in [1.165, 1.54) is 12.2 Å². The molecular weight excluding hydrogens is 837 g/mol. The van der Waals surface area contributed by atoms with Crippen LogP contribution in [0.4, 0.5) is 9.59 Å². The number of nitrogens with two attached hydrogens (primary N) is 1. The van der Waals surface area contributed by atoms with Crippen LogP contribution in [0.25, 0.3) is 0 Å². The molecule has 0 aromatic heterocycles. The molecule has 17 heteroatoms. The van der Waals surface area contributed by atoms with Crippen molar-refractivity contribution in [1.82, 2.24) is 26.2 Å². The maximum atomic E-state index is 14.2. The Hall–Kier alpha value is -5.91. The number of hydrogen-bond donors (Lipinski definition) is 7. The molecule has 17 nitrogen and oxygen atoms in total. The van der Waals surface area contributed by atoms with Crippen molar-refractivity contribution in [1.29, 1.82) is 0 Å². The fourth-order valence-electron chi connectivity index (χ4n) is 7.61. The number of nitrogens with one attached hydrogen (secondary N) is 4. The molecule has 0 spiro atoms. The van der Waals surface area contributed by atoms with Crippen molar-refractivity contribution in [3.8, 4) is 0 Å². The van der Waals surface area contributed by atoms with Gasteiger partial charge in [-0.15, -0.1) is 0 Å².